The number of nitrogens with one attached hydrogen (secondary N) is 2. The van der Waals surface area contributed by atoms with Crippen molar-refractivity contribution >= 4 is 21.6 Å². The molecule has 0 bridgehead atoms. The first-order chi connectivity index (χ1) is 14.2. The quantitative estimate of drug-likeness (QED) is 0.669. The van der Waals surface area contributed by atoms with Gasteiger partial charge in [0.2, 0.25) is 0 Å². The van der Waals surface area contributed by atoms with Crippen molar-refractivity contribution in [3.05, 3.63) is 53.1 Å². The van der Waals surface area contributed by atoms with Crippen molar-refractivity contribution < 1.29 is 22.7 Å². The minimum atomic E-state index is -3.73. The molecule has 1 fully saturated rings. The molecule has 3 rings (SSSR count). The van der Waals surface area contributed by atoms with Gasteiger partial charge in [-0.05, 0) is 80.6 Å². The molecule has 1 amide bonds. The molecule has 0 aromatic heterocycles. The second-order valence-electron chi connectivity index (χ2n) is 7.56. The topological polar surface area (TPSA) is 93.7 Å². The third-order valence-corrected chi connectivity index (χ3v) is 6.50. The molecule has 1 aliphatic rings. The Bertz CT molecular complexity index is 1010. The van der Waals surface area contributed by atoms with E-state index in [1.165, 1.54) is 12.1 Å². The van der Waals surface area contributed by atoms with Crippen LogP contribution < -0.4 is 14.8 Å². The molecular formula is C22H28N2O5S. The second-order valence-corrected chi connectivity index (χ2v) is 9.24. The van der Waals surface area contributed by atoms with Crippen LogP contribution in [0, 0.1) is 20.8 Å². The van der Waals surface area contributed by atoms with Crippen LogP contribution in [0.2, 0.25) is 0 Å². The molecule has 0 radical (unpaired) electrons. The van der Waals surface area contributed by atoms with Crippen molar-refractivity contribution in [1.29, 1.82) is 0 Å². The number of carbonyl (C=O) groups excluding carboxylic acids is 1. The number of hydrogen-bond acceptors (Lipinski definition) is 5. The van der Waals surface area contributed by atoms with Crippen LogP contribution in [0.4, 0.5) is 5.69 Å². The van der Waals surface area contributed by atoms with Crippen molar-refractivity contribution in [2.24, 2.45) is 0 Å². The van der Waals surface area contributed by atoms with Crippen LogP contribution in [0.25, 0.3) is 0 Å². The van der Waals surface area contributed by atoms with Gasteiger partial charge in [-0.25, -0.2) is 8.42 Å². The predicted molar refractivity (Wildman–Crippen MR) is 115 cm³/mol. The summed E-state index contributed by atoms with van der Waals surface area (Å²) in [4.78, 5) is 12.1. The van der Waals surface area contributed by atoms with Gasteiger partial charge in [0.1, 0.15) is 5.75 Å². The number of amides is 1. The summed E-state index contributed by atoms with van der Waals surface area (Å²) in [5, 5.41) is 2.79. The minimum absolute atomic E-state index is 0.0741. The summed E-state index contributed by atoms with van der Waals surface area (Å²) in [6, 6.07) is 9.97. The first-order valence-electron chi connectivity index (χ1n) is 9.96. The van der Waals surface area contributed by atoms with Gasteiger partial charge in [-0.2, -0.15) is 0 Å². The first kappa shape index (κ1) is 22.1. The number of anilines is 1. The lowest BCUT2D eigenvalue weighted by atomic mass is 10.1. The minimum Gasteiger partial charge on any atom is -0.484 e. The number of hydrogen-bond donors (Lipinski definition) is 2. The van der Waals surface area contributed by atoms with E-state index >= 15 is 0 Å². The van der Waals surface area contributed by atoms with Crippen LogP contribution in [0.1, 0.15) is 29.5 Å². The normalized spacial score (nSPS) is 16.3. The molecule has 0 saturated carbocycles. The highest BCUT2D eigenvalue weighted by Crippen LogP contribution is 2.24. The van der Waals surface area contributed by atoms with Gasteiger partial charge >= 0.3 is 0 Å². The van der Waals surface area contributed by atoms with Gasteiger partial charge in [0, 0.05) is 18.8 Å². The molecule has 2 N–H and O–H groups in total. The summed E-state index contributed by atoms with van der Waals surface area (Å²) < 4.78 is 39.0. The molecule has 162 valence electrons. The number of ether oxygens (including phenoxy) is 2. The molecule has 2 aromatic rings. The van der Waals surface area contributed by atoms with E-state index in [9.17, 15) is 13.2 Å². The lowest BCUT2D eigenvalue weighted by molar-refractivity contribution is -0.123. The summed E-state index contributed by atoms with van der Waals surface area (Å²) in [6.07, 6.45) is 2.04. The van der Waals surface area contributed by atoms with Gasteiger partial charge in [-0.1, -0.05) is 6.07 Å². The Labute approximate surface area is 177 Å². The Balaban J connectivity index is 1.59. The number of rotatable bonds is 8. The third-order valence-electron chi connectivity index (χ3n) is 5.13. The summed E-state index contributed by atoms with van der Waals surface area (Å²) in [6.45, 7) is 6.72. The molecule has 0 spiro atoms. The fourth-order valence-electron chi connectivity index (χ4n) is 3.20. The average molecular weight is 433 g/mol. The van der Waals surface area contributed by atoms with Gasteiger partial charge in [-0.15, -0.1) is 0 Å². The number of carbonyl (C=O) groups is 1. The van der Waals surface area contributed by atoms with Crippen molar-refractivity contribution in [2.75, 3.05) is 24.5 Å². The molecule has 1 atom stereocenters. The number of sulfonamides is 1. The van der Waals surface area contributed by atoms with Gasteiger partial charge in [-0.3, -0.25) is 9.52 Å². The molecule has 1 aliphatic heterocycles. The molecule has 7 nitrogen and oxygen atoms in total. The van der Waals surface area contributed by atoms with E-state index in [4.69, 9.17) is 9.47 Å². The predicted octanol–water partition coefficient (Wildman–Crippen LogP) is 3.09. The Hall–Kier alpha value is -2.58. The zero-order chi connectivity index (χ0) is 21.7. The van der Waals surface area contributed by atoms with Crippen LogP contribution in [0.5, 0.6) is 5.75 Å². The Morgan fingerprint density at radius 1 is 1.10 bits per heavy atom. The monoisotopic (exact) mass is 432 g/mol. The highest BCUT2D eigenvalue weighted by Gasteiger charge is 2.18. The summed E-state index contributed by atoms with van der Waals surface area (Å²) >= 11 is 0. The maximum absolute atomic E-state index is 12.7. The van der Waals surface area contributed by atoms with E-state index in [0.717, 1.165) is 30.6 Å². The van der Waals surface area contributed by atoms with E-state index in [0.29, 0.717) is 23.5 Å². The van der Waals surface area contributed by atoms with Gasteiger partial charge in [0.15, 0.2) is 6.61 Å². The van der Waals surface area contributed by atoms with Crippen LogP contribution in [-0.2, 0) is 19.6 Å². The Morgan fingerprint density at radius 3 is 2.57 bits per heavy atom. The second kappa shape index (κ2) is 9.49. The van der Waals surface area contributed by atoms with Crippen molar-refractivity contribution in [3.63, 3.8) is 0 Å². The van der Waals surface area contributed by atoms with E-state index in [-0.39, 0.29) is 23.5 Å². The zero-order valence-corrected chi connectivity index (χ0v) is 18.3. The first-order valence-corrected chi connectivity index (χ1v) is 11.4. The van der Waals surface area contributed by atoms with Gasteiger partial charge < -0.3 is 14.8 Å². The molecule has 2 aromatic carbocycles. The lowest BCUT2D eigenvalue weighted by Crippen LogP contribution is -2.35. The smallest absolute Gasteiger partial charge is 0.261 e. The summed E-state index contributed by atoms with van der Waals surface area (Å²) in [5.41, 5.74) is 3.24. The number of aryl methyl sites for hydroxylation is 3. The molecule has 0 aliphatic carbocycles. The van der Waals surface area contributed by atoms with E-state index in [1.807, 2.05) is 19.9 Å². The van der Waals surface area contributed by atoms with E-state index < -0.39 is 10.0 Å². The summed E-state index contributed by atoms with van der Waals surface area (Å²) in [7, 11) is -3.73. The molecule has 1 heterocycles. The van der Waals surface area contributed by atoms with Crippen LogP contribution in [0.15, 0.2) is 41.3 Å². The van der Waals surface area contributed by atoms with Crippen LogP contribution in [0.3, 0.4) is 0 Å². The van der Waals surface area contributed by atoms with Crippen molar-refractivity contribution in [1.82, 2.24) is 5.32 Å². The Kier molecular flexibility index (Phi) is 6.99. The van der Waals surface area contributed by atoms with Gasteiger partial charge in [0.05, 0.1) is 11.0 Å². The molecule has 0 unspecified atom stereocenters. The standard InChI is InChI=1S/C22H28N2O5S/c1-15-6-7-18(11-16(15)2)24-30(26,27)20-8-9-21(17(3)12-20)29-14-22(25)23-13-19-5-4-10-28-19/h6-9,11-12,19,24H,4-5,10,13-14H2,1-3H3,(H,23,25)/t19-/m0/s1. The molecular weight excluding hydrogens is 404 g/mol. The fraction of sp³-hybridized carbons (Fsp3) is 0.409. The van der Waals surface area contributed by atoms with E-state index in [1.54, 1.807) is 25.1 Å². The zero-order valence-electron chi connectivity index (χ0n) is 17.5. The average Bonchev–Trinajstić information content (AvgIpc) is 3.21. The molecule has 8 heteroatoms. The highest BCUT2D eigenvalue weighted by atomic mass is 32.2. The van der Waals surface area contributed by atoms with Gasteiger partial charge in [0.25, 0.3) is 15.9 Å². The van der Waals surface area contributed by atoms with E-state index in [2.05, 4.69) is 10.0 Å². The van der Waals surface area contributed by atoms with Crippen LogP contribution >= 0.6 is 0 Å². The lowest BCUT2D eigenvalue weighted by Gasteiger charge is -2.14. The summed E-state index contributed by atoms with van der Waals surface area (Å²) in [5.74, 6) is 0.227. The largest absolute Gasteiger partial charge is 0.484 e. The van der Waals surface area contributed by atoms with Crippen LogP contribution in [-0.4, -0.2) is 40.2 Å². The molecule has 30 heavy (non-hydrogen) atoms. The number of benzene rings is 2. The fourth-order valence-corrected chi connectivity index (χ4v) is 4.33. The highest BCUT2D eigenvalue weighted by molar-refractivity contribution is 7.92. The van der Waals surface area contributed by atoms with Crippen molar-refractivity contribution in [2.45, 2.75) is 44.6 Å². The molecule has 1 saturated heterocycles. The van der Waals surface area contributed by atoms with Crippen molar-refractivity contribution in [3.8, 4) is 5.75 Å². The Morgan fingerprint density at radius 2 is 1.90 bits per heavy atom. The maximum Gasteiger partial charge on any atom is 0.261 e. The SMILES string of the molecule is Cc1ccc(NS(=O)(=O)c2ccc(OCC(=O)NC[C@@H]3CCCO3)c(C)c2)cc1C. The third kappa shape index (κ3) is 5.73. The maximum atomic E-state index is 12.7.